The van der Waals surface area contributed by atoms with Crippen LogP contribution < -0.4 is 5.43 Å². The van der Waals surface area contributed by atoms with Crippen molar-refractivity contribution in [3.8, 4) is 5.69 Å². The van der Waals surface area contributed by atoms with Crippen LogP contribution in [-0.2, 0) is 15.7 Å². The molecule has 31 heavy (non-hydrogen) atoms. The predicted molar refractivity (Wildman–Crippen MR) is 108 cm³/mol. The Labute approximate surface area is 180 Å². The molecule has 1 aliphatic rings. The fraction of sp³-hybridized carbons (Fsp3) is 0.400. The summed E-state index contributed by atoms with van der Waals surface area (Å²) in [5, 5.41) is 3.99. The van der Waals surface area contributed by atoms with Crippen molar-refractivity contribution >= 4 is 23.6 Å². The second-order valence-electron chi connectivity index (χ2n) is 6.77. The van der Waals surface area contributed by atoms with Crippen LogP contribution in [0.25, 0.3) is 5.69 Å². The number of carbonyl (C=O) groups excluding carboxylic acids is 2. The van der Waals surface area contributed by atoms with Gasteiger partial charge < -0.3 is 9.64 Å². The molecule has 1 saturated heterocycles. The summed E-state index contributed by atoms with van der Waals surface area (Å²) < 4.78 is 46.4. The third kappa shape index (κ3) is 4.76. The van der Waals surface area contributed by atoms with Crippen LogP contribution in [0.1, 0.15) is 28.7 Å². The van der Waals surface area contributed by atoms with Gasteiger partial charge in [-0.2, -0.15) is 30.0 Å². The van der Waals surface area contributed by atoms with E-state index < -0.39 is 40.8 Å². The standard InChI is InChI=1S/C20H20F3N3O4S/c1-3-30-19(29)15-11-31-9-8-25(15)18(28)17-16(27)10-12(2)26(24-17)14-7-5-4-6-13(14)20(21,22)23/h4-7,10,15H,3,8-9,11H2,1-2H3. The Bertz CT molecular complexity index is 1050. The van der Waals surface area contributed by atoms with Crippen molar-refractivity contribution in [3.63, 3.8) is 0 Å². The Morgan fingerprint density at radius 2 is 2.00 bits per heavy atom. The number of amides is 1. The Balaban J connectivity index is 2.07. The summed E-state index contributed by atoms with van der Waals surface area (Å²) >= 11 is 1.46. The first-order valence-corrected chi connectivity index (χ1v) is 10.6. The molecule has 1 aliphatic heterocycles. The van der Waals surface area contributed by atoms with Crippen molar-refractivity contribution in [3.05, 3.63) is 57.5 Å². The van der Waals surface area contributed by atoms with Crippen LogP contribution in [0, 0.1) is 6.92 Å². The molecule has 2 heterocycles. The summed E-state index contributed by atoms with van der Waals surface area (Å²) in [6.45, 7) is 3.38. The van der Waals surface area contributed by atoms with Gasteiger partial charge >= 0.3 is 12.1 Å². The Kier molecular flexibility index (Phi) is 6.73. The largest absolute Gasteiger partial charge is 0.464 e. The van der Waals surface area contributed by atoms with Gasteiger partial charge in [0.1, 0.15) is 6.04 Å². The lowest BCUT2D eigenvalue weighted by Gasteiger charge is -2.33. The first kappa shape index (κ1) is 22.9. The Hall–Kier alpha value is -2.82. The Morgan fingerprint density at radius 1 is 1.29 bits per heavy atom. The zero-order valence-corrected chi connectivity index (χ0v) is 17.6. The van der Waals surface area contributed by atoms with Crippen molar-refractivity contribution in [1.82, 2.24) is 14.7 Å². The van der Waals surface area contributed by atoms with Crippen molar-refractivity contribution in [1.29, 1.82) is 0 Å². The summed E-state index contributed by atoms with van der Waals surface area (Å²) in [5.41, 5.74) is -2.41. The summed E-state index contributed by atoms with van der Waals surface area (Å²) in [5.74, 6) is -0.584. The Morgan fingerprint density at radius 3 is 2.68 bits per heavy atom. The lowest BCUT2D eigenvalue weighted by Crippen LogP contribution is -2.52. The number of ether oxygens (including phenoxy) is 1. The van der Waals surface area contributed by atoms with E-state index in [1.165, 1.54) is 41.8 Å². The smallest absolute Gasteiger partial charge is 0.418 e. The number of rotatable bonds is 4. The van der Waals surface area contributed by atoms with Crippen LogP contribution >= 0.6 is 11.8 Å². The zero-order valence-electron chi connectivity index (χ0n) is 16.8. The van der Waals surface area contributed by atoms with E-state index in [2.05, 4.69) is 5.10 Å². The average molecular weight is 455 g/mol. The molecule has 2 aromatic rings. The van der Waals surface area contributed by atoms with Gasteiger partial charge in [0.25, 0.3) is 5.91 Å². The molecule has 3 rings (SSSR count). The maximum atomic E-state index is 13.5. The molecule has 7 nitrogen and oxygen atoms in total. The van der Waals surface area contributed by atoms with E-state index in [0.29, 0.717) is 11.5 Å². The van der Waals surface area contributed by atoms with E-state index in [1.54, 1.807) is 6.92 Å². The molecular weight excluding hydrogens is 435 g/mol. The topological polar surface area (TPSA) is 81.5 Å². The van der Waals surface area contributed by atoms with Crippen LogP contribution in [0.2, 0.25) is 0 Å². The van der Waals surface area contributed by atoms with Crippen molar-refractivity contribution in [2.45, 2.75) is 26.1 Å². The van der Waals surface area contributed by atoms with Gasteiger partial charge in [-0.05, 0) is 26.0 Å². The second-order valence-corrected chi connectivity index (χ2v) is 7.92. The quantitative estimate of drug-likeness (QED) is 0.660. The number of benzene rings is 1. The van der Waals surface area contributed by atoms with Crippen LogP contribution in [-0.4, -0.2) is 57.3 Å². The van der Waals surface area contributed by atoms with Gasteiger partial charge in [0.15, 0.2) is 5.69 Å². The SMILES string of the molecule is CCOC(=O)C1CSCCN1C(=O)c1nn(-c2ccccc2C(F)(F)F)c(C)cc1=O. The number of aryl methyl sites for hydroxylation is 1. The van der Waals surface area contributed by atoms with E-state index in [-0.39, 0.29) is 24.5 Å². The van der Waals surface area contributed by atoms with Crippen molar-refractivity contribution in [2.24, 2.45) is 0 Å². The molecule has 1 amide bonds. The molecule has 0 N–H and O–H groups in total. The minimum Gasteiger partial charge on any atom is -0.464 e. The zero-order chi connectivity index (χ0) is 22.8. The minimum absolute atomic E-state index is 0.131. The number of nitrogens with zero attached hydrogens (tertiary/aromatic N) is 3. The van der Waals surface area contributed by atoms with Gasteiger partial charge in [0.05, 0.1) is 17.9 Å². The molecule has 1 aromatic carbocycles. The molecule has 1 aromatic heterocycles. The fourth-order valence-corrected chi connectivity index (χ4v) is 4.29. The van der Waals surface area contributed by atoms with E-state index in [0.717, 1.165) is 16.8 Å². The number of halogens is 3. The van der Waals surface area contributed by atoms with Gasteiger partial charge in [-0.1, -0.05) is 12.1 Å². The van der Waals surface area contributed by atoms with Crippen LogP contribution in [0.4, 0.5) is 13.2 Å². The third-order valence-electron chi connectivity index (χ3n) is 4.70. The number of thioether (sulfide) groups is 1. The molecule has 0 aliphatic carbocycles. The molecule has 166 valence electrons. The first-order valence-electron chi connectivity index (χ1n) is 9.48. The van der Waals surface area contributed by atoms with Gasteiger partial charge in [-0.15, -0.1) is 0 Å². The summed E-state index contributed by atoms with van der Waals surface area (Å²) in [7, 11) is 0. The monoisotopic (exact) mass is 455 g/mol. The van der Waals surface area contributed by atoms with Crippen molar-refractivity contribution in [2.75, 3.05) is 24.7 Å². The highest BCUT2D eigenvalue weighted by Gasteiger charge is 2.37. The number of hydrogen-bond donors (Lipinski definition) is 0. The average Bonchev–Trinajstić information content (AvgIpc) is 2.73. The number of aromatic nitrogens is 2. The number of hydrogen-bond acceptors (Lipinski definition) is 6. The fourth-order valence-electron chi connectivity index (χ4n) is 3.25. The molecule has 0 radical (unpaired) electrons. The maximum absolute atomic E-state index is 13.5. The van der Waals surface area contributed by atoms with Gasteiger partial charge in [0, 0.05) is 29.8 Å². The molecule has 1 atom stereocenters. The van der Waals surface area contributed by atoms with Gasteiger partial charge in [0.2, 0.25) is 5.43 Å². The molecule has 0 spiro atoms. The minimum atomic E-state index is -4.66. The number of alkyl halides is 3. The molecule has 1 fully saturated rings. The number of esters is 1. The molecule has 1 unspecified atom stereocenters. The highest BCUT2D eigenvalue weighted by atomic mass is 32.2. The molecule has 0 saturated carbocycles. The van der Waals surface area contributed by atoms with Crippen molar-refractivity contribution < 1.29 is 27.5 Å². The molecule has 11 heteroatoms. The van der Waals surface area contributed by atoms with E-state index in [1.807, 2.05) is 0 Å². The van der Waals surface area contributed by atoms with Crippen LogP contribution in [0.3, 0.4) is 0 Å². The van der Waals surface area contributed by atoms with Crippen LogP contribution in [0.5, 0.6) is 0 Å². The van der Waals surface area contributed by atoms with E-state index >= 15 is 0 Å². The second kappa shape index (κ2) is 9.13. The molecular formula is C20H20F3N3O4S. The van der Waals surface area contributed by atoms with Gasteiger partial charge in [-0.25, -0.2) is 9.48 Å². The van der Waals surface area contributed by atoms with E-state index in [4.69, 9.17) is 4.74 Å². The maximum Gasteiger partial charge on any atom is 0.418 e. The first-order chi connectivity index (χ1) is 14.6. The van der Waals surface area contributed by atoms with Crippen LogP contribution in [0.15, 0.2) is 35.1 Å². The summed E-state index contributed by atoms with van der Waals surface area (Å²) in [6, 6.07) is 4.92. The molecule has 0 bridgehead atoms. The highest BCUT2D eigenvalue weighted by molar-refractivity contribution is 7.99. The predicted octanol–water partition coefficient (Wildman–Crippen LogP) is 2.68. The van der Waals surface area contributed by atoms with E-state index in [9.17, 15) is 27.6 Å². The normalized spacial score (nSPS) is 16.8. The lowest BCUT2D eigenvalue weighted by molar-refractivity contribution is -0.147. The lowest BCUT2D eigenvalue weighted by atomic mass is 10.1. The third-order valence-corrected chi connectivity index (χ3v) is 5.72. The highest BCUT2D eigenvalue weighted by Crippen LogP contribution is 2.33. The summed E-state index contributed by atoms with van der Waals surface area (Å²) in [4.78, 5) is 39.1. The number of carbonyl (C=O) groups is 2. The summed E-state index contributed by atoms with van der Waals surface area (Å²) in [6.07, 6.45) is -4.66. The van der Waals surface area contributed by atoms with Gasteiger partial charge in [-0.3, -0.25) is 9.59 Å². The number of para-hydroxylation sites is 1.